The van der Waals surface area contributed by atoms with Crippen molar-refractivity contribution in [1.29, 1.82) is 0 Å². The monoisotopic (exact) mass is 206 g/mol. The summed E-state index contributed by atoms with van der Waals surface area (Å²) in [5.41, 5.74) is -5.32. The normalized spacial score (nSPS) is 70.5. The zero-order valence-electron chi connectivity index (χ0n) is 7.70. The van der Waals surface area contributed by atoms with Crippen LogP contribution in [0.4, 0.5) is 8.78 Å². The second-order valence-electron chi connectivity index (χ2n) is 4.86. The molecule has 6 atom stereocenters. The molecule has 3 nitrogen and oxygen atoms in total. The van der Waals surface area contributed by atoms with E-state index >= 15 is 0 Å². The molecule has 0 amide bonds. The molecule has 0 aromatic carbocycles. The predicted molar refractivity (Wildman–Crippen MR) is 42.2 cm³/mol. The highest BCUT2D eigenvalue weighted by Crippen LogP contribution is 2.69. The SMILES string of the molecule is C[C@@H]1O[C@H]2[C@](O)(C[C@]3(F)C[C@]23O)[C@@H]1F. The Bertz CT molecular complexity index is 312. The lowest BCUT2D eigenvalue weighted by Crippen LogP contribution is -2.47. The van der Waals surface area contributed by atoms with Crippen LogP contribution in [0.1, 0.15) is 19.8 Å². The van der Waals surface area contributed by atoms with E-state index in [9.17, 15) is 19.0 Å². The van der Waals surface area contributed by atoms with Crippen molar-refractivity contribution >= 4 is 0 Å². The van der Waals surface area contributed by atoms with Gasteiger partial charge in [-0.1, -0.05) is 0 Å². The lowest BCUT2D eigenvalue weighted by Gasteiger charge is -2.26. The van der Waals surface area contributed by atoms with Crippen molar-refractivity contribution in [2.75, 3.05) is 0 Å². The lowest BCUT2D eigenvalue weighted by molar-refractivity contribution is -0.0986. The van der Waals surface area contributed by atoms with Gasteiger partial charge in [0.1, 0.15) is 23.0 Å². The fourth-order valence-electron chi connectivity index (χ4n) is 3.04. The van der Waals surface area contributed by atoms with E-state index in [2.05, 4.69) is 0 Å². The van der Waals surface area contributed by atoms with Crippen LogP contribution >= 0.6 is 0 Å². The van der Waals surface area contributed by atoms with E-state index in [1.54, 1.807) is 0 Å². The number of hydrogen-bond donors (Lipinski definition) is 2. The summed E-state index contributed by atoms with van der Waals surface area (Å²) < 4.78 is 32.3. The third kappa shape index (κ3) is 0.677. The molecule has 0 unspecified atom stereocenters. The highest BCUT2D eigenvalue weighted by molar-refractivity contribution is 5.36. The number of rotatable bonds is 0. The maximum atomic E-state index is 13.7. The first-order valence-corrected chi connectivity index (χ1v) is 4.77. The zero-order valence-corrected chi connectivity index (χ0v) is 7.70. The molecule has 0 spiro atoms. The molecule has 80 valence electrons. The van der Waals surface area contributed by atoms with Crippen LogP contribution in [-0.2, 0) is 4.74 Å². The van der Waals surface area contributed by atoms with Gasteiger partial charge in [-0.15, -0.1) is 0 Å². The molecule has 14 heavy (non-hydrogen) atoms. The van der Waals surface area contributed by atoms with Crippen LogP contribution in [0.25, 0.3) is 0 Å². The van der Waals surface area contributed by atoms with Gasteiger partial charge in [-0.3, -0.25) is 0 Å². The quantitative estimate of drug-likeness (QED) is 0.590. The molecule has 1 aliphatic heterocycles. The Balaban J connectivity index is 2.02. The van der Waals surface area contributed by atoms with Crippen LogP contribution in [0.15, 0.2) is 0 Å². The number of fused-ring (bicyclic) bond motifs is 3. The van der Waals surface area contributed by atoms with Gasteiger partial charge in [-0.2, -0.15) is 0 Å². The molecule has 2 N–H and O–H groups in total. The summed E-state index contributed by atoms with van der Waals surface area (Å²) in [6, 6.07) is 0. The summed E-state index contributed by atoms with van der Waals surface area (Å²) >= 11 is 0. The molecule has 0 aromatic rings. The fourth-order valence-corrected chi connectivity index (χ4v) is 3.04. The molecule has 3 aliphatic rings. The summed E-state index contributed by atoms with van der Waals surface area (Å²) in [5.74, 6) is 0. The van der Waals surface area contributed by atoms with Crippen LogP contribution in [0.2, 0.25) is 0 Å². The number of aliphatic hydroxyl groups is 2. The van der Waals surface area contributed by atoms with E-state index < -0.39 is 35.3 Å². The number of ether oxygens (including phenoxy) is 1. The topological polar surface area (TPSA) is 49.7 Å². The van der Waals surface area contributed by atoms with Crippen LogP contribution in [0.3, 0.4) is 0 Å². The average molecular weight is 206 g/mol. The van der Waals surface area contributed by atoms with Gasteiger partial charge in [-0.25, -0.2) is 8.78 Å². The van der Waals surface area contributed by atoms with Crippen molar-refractivity contribution in [1.82, 2.24) is 0 Å². The molecular weight excluding hydrogens is 194 g/mol. The first-order chi connectivity index (χ1) is 6.33. The maximum Gasteiger partial charge on any atom is 0.157 e. The van der Waals surface area contributed by atoms with Gasteiger partial charge in [0.25, 0.3) is 0 Å². The number of alkyl halides is 2. The van der Waals surface area contributed by atoms with Gasteiger partial charge < -0.3 is 14.9 Å². The first kappa shape index (κ1) is 9.00. The van der Waals surface area contributed by atoms with Crippen molar-refractivity contribution in [3.8, 4) is 0 Å². The second kappa shape index (κ2) is 1.99. The maximum absolute atomic E-state index is 13.7. The minimum absolute atomic E-state index is 0.0492. The summed E-state index contributed by atoms with van der Waals surface area (Å²) in [5, 5.41) is 19.7. The third-order valence-electron chi connectivity index (χ3n) is 3.89. The van der Waals surface area contributed by atoms with Gasteiger partial charge >= 0.3 is 0 Å². The van der Waals surface area contributed by atoms with Crippen LogP contribution in [0, 0.1) is 0 Å². The Morgan fingerprint density at radius 3 is 2.57 bits per heavy atom. The number of hydrogen-bond acceptors (Lipinski definition) is 3. The van der Waals surface area contributed by atoms with E-state index in [1.807, 2.05) is 0 Å². The Labute approximate surface area is 79.7 Å². The molecule has 2 aliphatic carbocycles. The molecule has 1 heterocycles. The minimum atomic E-state index is -1.84. The van der Waals surface area contributed by atoms with Crippen molar-refractivity contribution < 1.29 is 23.7 Å². The van der Waals surface area contributed by atoms with Gasteiger partial charge in [0.15, 0.2) is 6.17 Å². The van der Waals surface area contributed by atoms with E-state index in [0.29, 0.717) is 0 Å². The summed E-state index contributed by atoms with van der Waals surface area (Å²) in [4.78, 5) is 0. The Morgan fingerprint density at radius 1 is 1.36 bits per heavy atom. The van der Waals surface area contributed by atoms with E-state index in [1.165, 1.54) is 6.92 Å². The molecule has 0 aromatic heterocycles. The smallest absolute Gasteiger partial charge is 0.157 e. The highest BCUT2D eigenvalue weighted by Gasteiger charge is 2.86. The fraction of sp³-hybridized carbons (Fsp3) is 1.00. The lowest BCUT2D eigenvalue weighted by atomic mass is 9.90. The standard InChI is InChI=1S/C9H12F2O3/c1-4-5(10)8(12)2-7(11)3-9(7,13)6(8)14-4/h4-6,12-13H,2-3H2,1H3/t4-,5+,6-,7-,8-,9-/m0/s1. The Hall–Kier alpha value is -0.260. The zero-order chi connectivity index (χ0) is 10.4. The molecule has 3 fully saturated rings. The molecular formula is C9H12F2O3. The Morgan fingerprint density at radius 2 is 2.00 bits per heavy atom. The van der Waals surface area contributed by atoms with Crippen molar-refractivity contribution in [3.05, 3.63) is 0 Å². The second-order valence-corrected chi connectivity index (χ2v) is 4.86. The van der Waals surface area contributed by atoms with Crippen molar-refractivity contribution in [2.45, 2.75) is 55.0 Å². The molecule has 0 radical (unpaired) electrons. The molecule has 2 saturated carbocycles. The van der Waals surface area contributed by atoms with E-state index in [4.69, 9.17) is 4.74 Å². The van der Waals surface area contributed by atoms with Crippen molar-refractivity contribution in [3.63, 3.8) is 0 Å². The minimum Gasteiger partial charge on any atom is -0.384 e. The molecule has 0 bridgehead atoms. The van der Waals surface area contributed by atoms with Gasteiger partial charge in [0.2, 0.25) is 0 Å². The average Bonchev–Trinajstić information content (AvgIpc) is 2.46. The van der Waals surface area contributed by atoms with E-state index in [-0.39, 0.29) is 12.8 Å². The predicted octanol–water partition coefficient (Wildman–Crippen LogP) is 0.0897. The van der Waals surface area contributed by atoms with Crippen LogP contribution in [0.5, 0.6) is 0 Å². The highest BCUT2D eigenvalue weighted by atomic mass is 19.1. The molecule has 3 rings (SSSR count). The van der Waals surface area contributed by atoms with Crippen LogP contribution in [-0.4, -0.2) is 45.5 Å². The molecule has 5 heteroatoms. The summed E-state index contributed by atoms with van der Waals surface area (Å²) in [6.45, 7) is 1.48. The third-order valence-corrected chi connectivity index (χ3v) is 3.89. The Kier molecular flexibility index (Phi) is 1.28. The number of halogens is 2. The molecule has 1 saturated heterocycles. The summed E-state index contributed by atoms with van der Waals surface area (Å²) in [6.07, 6.45) is -3.90. The van der Waals surface area contributed by atoms with Gasteiger partial charge in [0.05, 0.1) is 6.10 Å². The summed E-state index contributed by atoms with van der Waals surface area (Å²) in [7, 11) is 0. The van der Waals surface area contributed by atoms with Crippen molar-refractivity contribution in [2.24, 2.45) is 0 Å². The van der Waals surface area contributed by atoms with Crippen LogP contribution < -0.4 is 0 Å². The largest absolute Gasteiger partial charge is 0.384 e. The van der Waals surface area contributed by atoms with Gasteiger partial charge in [-0.05, 0) is 6.92 Å². The van der Waals surface area contributed by atoms with Gasteiger partial charge in [0, 0.05) is 12.8 Å². The first-order valence-electron chi connectivity index (χ1n) is 4.77. The van der Waals surface area contributed by atoms with E-state index in [0.717, 1.165) is 0 Å².